The van der Waals surface area contributed by atoms with E-state index < -0.39 is 32.6 Å². The van der Waals surface area contributed by atoms with Gasteiger partial charge in [0.05, 0.1) is 0 Å². The van der Waals surface area contributed by atoms with E-state index in [4.69, 9.17) is 0 Å². The molecular weight excluding hydrogens is 547 g/mol. The number of hydrogen-bond acceptors (Lipinski definition) is 1. The van der Waals surface area contributed by atoms with Crippen LogP contribution in [0.2, 0.25) is 63.2 Å². The van der Waals surface area contributed by atoms with Gasteiger partial charge in [-0.2, -0.15) is 0 Å². The van der Waals surface area contributed by atoms with Gasteiger partial charge in [0.2, 0.25) is 8.24 Å². The molecule has 0 fully saturated rings. The maximum absolute atomic E-state index is 3.17. The lowest BCUT2D eigenvalue weighted by molar-refractivity contribution is 0.636. The van der Waals surface area contributed by atoms with Crippen LogP contribution in [0.15, 0.2) is 121 Å². The molecule has 3 aromatic carbocycles. The predicted octanol–water partition coefficient (Wildman–Crippen LogP) is 8.55. The van der Waals surface area contributed by atoms with Gasteiger partial charge in [-0.25, -0.2) is 0 Å². The molecule has 3 aromatic rings. The summed E-state index contributed by atoms with van der Waals surface area (Å²) in [5.74, 6) is 0.394. The molecule has 0 saturated carbocycles. The highest BCUT2D eigenvalue weighted by atomic mass is 28.5. The van der Waals surface area contributed by atoms with E-state index in [1.807, 2.05) is 0 Å². The highest BCUT2D eigenvalue weighted by Crippen LogP contribution is 2.66. The molecule has 0 N–H and O–H groups in total. The third-order valence-electron chi connectivity index (χ3n) is 9.36. The van der Waals surface area contributed by atoms with Gasteiger partial charge < -0.3 is 4.23 Å². The van der Waals surface area contributed by atoms with E-state index in [0.29, 0.717) is 5.92 Å². The summed E-state index contributed by atoms with van der Waals surface area (Å²) in [6.45, 7) is 24.1. The van der Waals surface area contributed by atoms with Crippen molar-refractivity contribution in [1.82, 2.24) is 4.23 Å². The maximum atomic E-state index is 3.17. The van der Waals surface area contributed by atoms with Gasteiger partial charge in [-0.3, -0.25) is 0 Å². The summed E-state index contributed by atoms with van der Waals surface area (Å²) in [6.07, 6.45) is 9.79. The second-order valence-electron chi connectivity index (χ2n) is 14.6. The van der Waals surface area contributed by atoms with Crippen molar-refractivity contribution in [2.75, 3.05) is 0 Å². The van der Waals surface area contributed by atoms with Crippen LogP contribution in [0.25, 0.3) is 5.70 Å². The molecule has 1 aliphatic carbocycles. The third-order valence-corrected chi connectivity index (χ3v) is 35.2. The average molecular weight is 594 g/mol. The van der Waals surface area contributed by atoms with E-state index in [1.54, 1.807) is 15.9 Å². The van der Waals surface area contributed by atoms with Crippen LogP contribution >= 0.6 is 0 Å². The van der Waals surface area contributed by atoms with Crippen LogP contribution in [0.1, 0.15) is 5.56 Å². The number of fused-ring (bicyclic) bond motifs is 1. The van der Waals surface area contributed by atoms with E-state index in [2.05, 4.69) is 178 Å². The largest absolute Gasteiger partial charge is 0.417 e. The second-order valence-corrected chi connectivity index (χ2v) is 35.8. The molecular formula is C35H47NSi4. The Balaban J connectivity index is 2.16. The van der Waals surface area contributed by atoms with E-state index in [1.165, 1.54) is 11.3 Å². The molecule has 1 aliphatic heterocycles. The van der Waals surface area contributed by atoms with Crippen molar-refractivity contribution in [3.8, 4) is 0 Å². The molecule has 5 heteroatoms. The molecule has 1 heterocycles. The van der Waals surface area contributed by atoms with Crippen molar-refractivity contribution in [3.63, 3.8) is 0 Å². The third kappa shape index (κ3) is 4.11. The molecule has 0 amide bonds. The Labute approximate surface area is 247 Å². The summed E-state index contributed by atoms with van der Waals surface area (Å²) < 4.78 is 3.36. The van der Waals surface area contributed by atoms with Crippen LogP contribution in [0.5, 0.6) is 0 Å². The summed E-state index contributed by atoms with van der Waals surface area (Å²) in [5.41, 5.74) is 4.42. The standard InChI is InChI=1S/C35H47NSi4/c1-37(2,3)35(38(4,5)6)33-28-20-19-27-32(33)34(29-21-13-10-14-22-29)36(39(7,8)9)40(35,30-23-15-11-16-24-30)31-25-17-12-18-26-31/h10-28,33H,1-9H3. The fourth-order valence-corrected chi connectivity index (χ4v) is 43.1. The van der Waals surface area contributed by atoms with Gasteiger partial charge >= 0.3 is 0 Å². The fraction of sp³-hybridized carbons (Fsp3) is 0.314. The van der Waals surface area contributed by atoms with Crippen molar-refractivity contribution in [3.05, 3.63) is 126 Å². The zero-order valence-electron chi connectivity index (χ0n) is 26.0. The lowest BCUT2D eigenvalue weighted by atomic mass is 9.91. The van der Waals surface area contributed by atoms with Crippen molar-refractivity contribution < 1.29 is 0 Å². The molecule has 208 valence electrons. The minimum absolute atomic E-state index is 0.185. The number of rotatable bonds is 6. The first-order valence-electron chi connectivity index (χ1n) is 14.9. The van der Waals surface area contributed by atoms with Gasteiger partial charge in [-0.05, 0) is 25.8 Å². The Hall–Kier alpha value is -2.45. The normalized spacial score (nSPS) is 20.4. The molecule has 1 unspecified atom stereocenters. The van der Waals surface area contributed by atoms with E-state index in [0.717, 1.165) is 0 Å². The van der Waals surface area contributed by atoms with E-state index in [-0.39, 0.29) is 4.28 Å². The second kappa shape index (κ2) is 10.1. The van der Waals surface area contributed by atoms with Crippen molar-refractivity contribution in [1.29, 1.82) is 0 Å². The number of benzene rings is 3. The first-order chi connectivity index (χ1) is 18.8. The summed E-state index contributed by atoms with van der Waals surface area (Å²) in [5, 5.41) is 3.17. The fourth-order valence-electron chi connectivity index (χ4n) is 8.96. The van der Waals surface area contributed by atoms with Crippen LogP contribution in [0.4, 0.5) is 0 Å². The van der Waals surface area contributed by atoms with Gasteiger partial charge in [-0.1, -0.05) is 174 Å². The molecule has 1 nitrogen and oxygen atoms in total. The van der Waals surface area contributed by atoms with Crippen molar-refractivity contribution in [2.45, 2.75) is 63.2 Å². The van der Waals surface area contributed by atoms with Gasteiger partial charge in [-0.15, -0.1) is 0 Å². The summed E-state index contributed by atoms with van der Waals surface area (Å²) in [7, 11) is -8.57. The van der Waals surface area contributed by atoms with Crippen LogP contribution in [0.3, 0.4) is 0 Å². The topological polar surface area (TPSA) is 3.24 Å². The summed E-state index contributed by atoms with van der Waals surface area (Å²) in [4.78, 5) is 0. The van der Waals surface area contributed by atoms with Gasteiger partial charge in [0.25, 0.3) is 0 Å². The van der Waals surface area contributed by atoms with Gasteiger partial charge in [0, 0.05) is 27.8 Å². The first kappa shape index (κ1) is 29.1. The molecule has 2 aliphatic rings. The number of hydrogen-bond donors (Lipinski definition) is 0. The highest BCUT2D eigenvalue weighted by Gasteiger charge is 2.75. The predicted molar refractivity (Wildman–Crippen MR) is 188 cm³/mol. The lowest BCUT2D eigenvalue weighted by Crippen LogP contribution is -2.89. The molecule has 0 spiro atoms. The Kier molecular flexibility index (Phi) is 7.35. The Morgan fingerprint density at radius 3 is 1.48 bits per heavy atom. The highest BCUT2D eigenvalue weighted by molar-refractivity contribution is 7.26. The SMILES string of the molecule is C[Si](C)(C)N1C(c2ccccc2)=C2C=CC=CC2C([Si](C)(C)C)([Si](C)(C)C)[Si]1(c1ccccc1)c1ccccc1. The molecule has 40 heavy (non-hydrogen) atoms. The van der Waals surface area contributed by atoms with Crippen LogP contribution in [-0.2, 0) is 0 Å². The van der Waals surface area contributed by atoms with E-state index in [9.17, 15) is 0 Å². The quantitative estimate of drug-likeness (QED) is 0.259. The number of nitrogens with zero attached hydrogens (tertiary/aromatic N) is 1. The molecule has 0 radical (unpaired) electrons. The maximum Gasteiger partial charge on any atom is 0.214 e. The Morgan fingerprint density at radius 2 is 1.05 bits per heavy atom. The molecule has 1 atom stereocenters. The zero-order valence-corrected chi connectivity index (χ0v) is 30.0. The van der Waals surface area contributed by atoms with E-state index >= 15 is 0 Å². The summed E-state index contributed by atoms with van der Waals surface area (Å²) in [6, 6.07) is 35.1. The molecule has 0 aromatic heterocycles. The first-order valence-corrected chi connectivity index (χ1v) is 27.2. The van der Waals surface area contributed by atoms with Gasteiger partial charge in [0.15, 0.2) is 0 Å². The number of allylic oxidation sites excluding steroid dienone is 5. The minimum atomic E-state index is -2.73. The Morgan fingerprint density at radius 1 is 0.600 bits per heavy atom. The van der Waals surface area contributed by atoms with Gasteiger partial charge in [0.1, 0.15) is 8.24 Å². The van der Waals surface area contributed by atoms with Crippen molar-refractivity contribution >= 4 is 48.7 Å². The van der Waals surface area contributed by atoms with Crippen LogP contribution < -0.4 is 10.4 Å². The lowest BCUT2D eigenvalue weighted by Gasteiger charge is -2.72. The van der Waals surface area contributed by atoms with Crippen LogP contribution in [-0.4, -0.2) is 36.8 Å². The minimum Gasteiger partial charge on any atom is -0.417 e. The monoisotopic (exact) mass is 593 g/mol. The molecule has 0 bridgehead atoms. The summed E-state index contributed by atoms with van der Waals surface area (Å²) >= 11 is 0. The smallest absolute Gasteiger partial charge is 0.214 e. The average Bonchev–Trinajstić information content (AvgIpc) is 2.91. The Bertz CT molecular complexity index is 1380. The molecule has 0 saturated heterocycles. The van der Waals surface area contributed by atoms with Crippen molar-refractivity contribution in [2.24, 2.45) is 5.92 Å². The zero-order chi connectivity index (χ0) is 29.0. The molecule has 5 rings (SSSR count). The van der Waals surface area contributed by atoms with Crippen LogP contribution in [0, 0.1) is 5.92 Å².